The van der Waals surface area contributed by atoms with E-state index in [1.807, 2.05) is 38.1 Å². The highest BCUT2D eigenvalue weighted by atomic mass is 16.2. The van der Waals surface area contributed by atoms with Gasteiger partial charge in [0.2, 0.25) is 0 Å². The molecule has 1 aromatic rings. The summed E-state index contributed by atoms with van der Waals surface area (Å²) in [6.07, 6.45) is 2.85. The van der Waals surface area contributed by atoms with Gasteiger partial charge in [-0.15, -0.1) is 0 Å². The molecule has 0 unspecified atom stereocenters. The molecule has 0 radical (unpaired) electrons. The second kappa shape index (κ2) is 7.88. The maximum absolute atomic E-state index is 12.0. The lowest BCUT2D eigenvalue weighted by atomic mass is 9.99. The molecule has 2 N–H and O–H groups in total. The van der Waals surface area contributed by atoms with Gasteiger partial charge in [-0.25, -0.2) is 0 Å². The van der Waals surface area contributed by atoms with Crippen LogP contribution in [0.3, 0.4) is 0 Å². The monoisotopic (exact) mass is 249 g/mol. The van der Waals surface area contributed by atoms with Crippen molar-refractivity contribution in [3.05, 3.63) is 29.8 Å². The van der Waals surface area contributed by atoms with Crippen LogP contribution in [0.1, 0.15) is 43.5 Å². The Labute approximate surface area is 109 Å². The third-order valence-corrected chi connectivity index (χ3v) is 2.87. The van der Waals surface area contributed by atoms with Gasteiger partial charge >= 0.3 is 0 Å². The van der Waals surface area contributed by atoms with E-state index in [0.717, 1.165) is 37.1 Å². The van der Waals surface area contributed by atoms with Gasteiger partial charge in [0.25, 0.3) is 0 Å². The zero-order valence-corrected chi connectivity index (χ0v) is 11.3. The predicted octanol–water partition coefficient (Wildman–Crippen LogP) is 3.10. The fraction of sp³-hybridized carbons (Fsp3) is 0.533. The molecule has 100 valence electrons. The first-order valence-corrected chi connectivity index (χ1v) is 6.64. The van der Waals surface area contributed by atoms with E-state index in [2.05, 4.69) is 5.32 Å². The lowest BCUT2D eigenvalue weighted by Crippen LogP contribution is -2.12. The van der Waals surface area contributed by atoms with Gasteiger partial charge in [0.1, 0.15) is 0 Å². The summed E-state index contributed by atoms with van der Waals surface area (Å²) < 4.78 is 0. The number of anilines is 1. The van der Waals surface area contributed by atoms with Crippen LogP contribution in [0.2, 0.25) is 0 Å². The van der Waals surface area contributed by atoms with Crippen molar-refractivity contribution < 1.29 is 9.90 Å². The molecule has 0 amide bonds. The first-order valence-electron chi connectivity index (χ1n) is 6.64. The molecular formula is C15H23NO2. The Balaban J connectivity index is 2.57. The first-order chi connectivity index (χ1) is 8.66. The Kier molecular flexibility index (Phi) is 6.44. The summed E-state index contributed by atoms with van der Waals surface area (Å²) in [4.78, 5) is 12.0. The second-order valence-corrected chi connectivity index (χ2v) is 4.78. The Hall–Kier alpha value is -1.35. The SMILES string of the molecule is CC(C)C(=O)c1ccccc1NCCCCCO. The molecule has 18 heavy (non-hydrogen) atoms. The number of ketones is 1. The summed E-state index contributed by atoms with van der Waals surface area (Å²) in [5, 5.41) is 12.0. The summed E-state index contributed by atoms with van der Waals surface area (Å²) in [5.41, 5.74) is 1.69. The molecule has 0 bridgehead atoms. The number of unbranched alkanes of at least 4 members (excludes halogenated alkanes) is 2. The summed E-state index contributed by atoms with van der Waals surface area (Å²) in [6, 6.07) is 7.65. The second-order valence-electron chi connectivity index (χ2n) is 4.78. The van der Waals surface area contributed by atoms with E-state index in [-0.39, 0.29) is 18.3 Å². The number of benzene rings is 1. The third kappa shape index (κ3) is 4.49. The fourth-order valence-corrected chi connectivity index (χ4v) is 1.80. The van der Waals surface area contributed by atoms with E-state index in [9.17, 15) is 4.79 Å². The van der Waals surface area contributed by atoms with Gasteiger partial charge < -0.3 is 10.4 Å². The summed E-state index contributed by atoms with van der Waals surface area (Å²) in [5.74, 6) is 0.191. The van der Waals surface area contributed by atoms with Gasteiger partial charge in [-0.2, -0.15) is 0 Å². The lowest BCUT2D eigenvalue weighted by Gasteiger charge is -2.12. The highest BCUT2D eigenvalue weighted by Crippen LogP contribution is 2.19. The molecule has 0 atom stereocenters. The number of aliphatic hydroxyl groups excluding tert-OH is 1. The zero-order chi connectivity index (χ0) is 13.4. The van der Waals surface area contributed by atoms with E-state index < -0.39 is 0 Å². The van der Waals surface area contributed by atoms with Gasteiger partial charge in [-0.05, 0) is 31.4 Å². The molecule has 0 aromatic heterocycles. The molecular weight excluding hydrogens is 226 g/mol. The van der Waals surface area contributed by atoms with Crippen LogP contribution in [0.15, 0.2) is 24.3 Å². The number of hydrogen-bond acceptors (Lipinski definition) is 3. The van der Waals surface area contributed by atoms with Crippen molar-refractivity contribution in [1.82, 2.24) is 0 Å². The quantitative estimate of drug-likeness (QED) is 0.550. The molecule has 0 fully saturated rings. The van der Waals surface area contributed by atoms with Crippen LogP contribution in [-0.4, -0.2) is 24.0 Å². The number of carbonyl (C=O) groups excluding carboxylic acids is 1. The molecule has 0 aliphatic carbocycles. The van der Waals surface area contributed by atoms with Crippen molar-refractivity contribution in [3.63, 3.8) is 0 Å². The van der Waals surface area contributed by atoms with Crippen molar-refractivity contribution in [1.29, 1.82) is 0 Å². The van der Waals surface area contributed by atoms with Crippen LogP contribution >= 0.6 is 0 Å². The molecule has 0 saturated carbocycles. The molecule has 3 heteroatoms. The smallest absolute Gasteiger partial charge is 0.167 e. The van der Waals surface area contributed by atoms with Crippen LogP contribution in [0.5, 0.6) is 0 Å². The maximum Gasteiger partial charge on any atom is 0.167 e. The minimum absolute atomic E-state index is 0.0161. The van der Waals surface area contributed by atoms with E-state index in [4.69, 9.17) is 5.11 Å². The predicted molar refractivity (Wildman–Crippen MR) is 75.0 cm³/mol. The van der Waals surface area contributed by atoms with Crippen molar-refractivity contribution in [2.24, 2.45) is 5.92 Å². The van der Waals surface area contributed by atoms with Crippen molar-refractivity contribution in [2.45, 2.75) is 33.1 Å². The van der Waals surface area contributed by atoms with Gasteiger partial charge in [0.15, 0.2) is 5.78 Å². The molecule has 0 aliphatic heterocycles. The van der Waals surface area contributed by atoms with Crippen LogP contribution < -0.4 is 5.32 Å². The third-order valence-electron chi connectivity index (χ3n) is 2.87. The highest BCUT2D eigenvalue weighted by Gasteiger charge is 2.13. The fourth-order valence-electron chi connectivity index (χ4n) is 1.80. The maximum atomic E-state index is 12.0. The van der Waals surface area contributed by atoms with E-state index in [0.29, 0.717) is 0 Å². The Morgan fingerprint density at radius 2 is 1.94 bits per heavy atom. The van der Waals surface area contributed by atoms with Crippen LogP contribution in [0.25, 0.3) is 0 Å². The summed E-state index contributed by atoms with van der Waals surface area (Å²) >= 11 is 0. The molecule has 0 heterocycles. The van der Waals surface area contributed by atoms with Gasteiger partial charge in [-0.3, -0.25) is 4.79 Å². The van der Waals surface area contributed by atoms with Crippen molar-refractivity contribution in [2.75, 3.05) is 18.5 Å². The minimum atomic E-state index is 0.0161. The van der Waals surface area contributed by atoms with Crippen molar-refractivity contribution in [3.8, 4) is 0 Å². The Morgan fingerprint density at radius 3 is 2.61 bits per heavy atom. The average molecular weight is 249 g/mol. The molecule has 0 aliphatic rings. The van der Waals surface area contributed by atoms with Crippen LogP contribution in [-0.2, 0) is 0 Å². The van der Waals surface area contributed by atoms with Crippen LogP contribution in [0.4, 0.5) is 5.69 Å². The molecule has 0 saturated heterocycles. The minimum Gasteiger partial charge on any atom is -0.396 e. The lowest BCUT2D eigenvalue weighted by molar-refractivity contribution is 0.0940. The first kappa shape index (κ1) is 14.7. The number of aliphatic hydroxyl groups is 1. The van der Waals surface area contributed by atoms with Crippen molar-refractivity contribution >= 4 is 11.5 Å². The largest absolute Gasteiger partial charge is 0.396 e. The Morgan fingerprint density at radius 1 is 1.22 bits per heavy atom. The summed E-state index contributed by atoms with van der Waals surface area (Å²) in [6.45, 7) is 4.92. The molecule has 1 rings (SSSR count). The van der Waals surface area contributed by atoms with E-state index in [1.165, 1.54) is 0 Å². The topological polar surface area (TPSA) is 49.3 Å². The molecule has 1 aromatic carbocycles. The highest BCUT2D eigenvalue weighted by molar-refractivity contribution is 6.02. The number of hydrogen-bond donors (Lipinski definition) is 2. The number of rotatable bonds is 8. The number of carbonyl (C=O) groups is 1. The van der Waals surface area contributed by atoms with E-state index in [1.54, 1.807) is 0 Å². The van der Waals surface area contributed by atoms with Gasteiger partial charge in [0.05, 0.1) is 0 Å². The Bertz CT molecular complexity index is 375. The molecule has 3 nitrogen and oxygen atoms in total. The number of para-hydroxylation sites is 1. The number of Topliss-reactive ketones (excluding diaryl/α,β-unsaturated/α-hetero) is 1. The van der Waals surface area contributed by atoms with Gasteiger partial charge in [0, 0.05) is 30.3 Å². The van der Waals surface area contributed by atoms with Crippen LogP contribution in [0, 0.1) is 5.92 Å². The van der Waals surface area contributed by atoms with E-state index >= 15 is 0 Å². The summed E-state index contributed by atoms with van der Waals surface area (Å²) in [7, 11) is 0. The van der Waals surface area contributed by atoms with Gasteiger partial charge in [-0.1, -0.05) is 26.0 Å². The number of nitrogens with one attached hydrogen (secondary N) is 1. The normalized spacial score (nSPS) is 10.7. The molecule has 0 spiro atoms. The zero-order valence-electron chi connectivity index (χ0n) is 11.3. The standard InChI is InChI=1S/C15H23NO2/c1-12(2)15(18)13-8-4-5-9-14(13)16-10-6-3-7-11-17/h4-5,8-9,12,16-17H,3,6-7,10-11H2,1-2H3. The average Bonchev–Trinajstić information content (AvgIpc) is 2.38.